The molecule has 12 heteroatoms. The molecule has 0 amide bonds. The first-order valence-corrected chi connectivity index (χ1v) is 9.06. The number of carbonyl (C=O) groups is 4. The van der Waals surface area contributed by atoms with Crippen LogP contribution in [0, 0.1) is 17.6 Å². The quantitative estimate of drug-likeness (QED) is 0.539. The fraction of sp³-hybridized carbons (Fsp3) is 0.375. The molecule has 148 valence electrons. The van der Waals surface area contributed by atoms with E-state index in [0.29, 0.717) is 0 Å². The highest BCUT2D eigenvalue weighted by Crippen LogP contribution is 2.50. The molecule has 3 unspecified atom stereocenters. The largest absolute Gasteiger partial charge is 0.870 e. The van der Waals surface area contributed by atoms with Gasteiger partial charge >= 0.3 is 13.3 Å². The van der Waals surface area contributed by atoms with Gasteiger partial charge in [0.1, 0.15) is 5.92 Å². The maximum atomic E-state index is 13.7. The van der Waals surface area contributed by atoms with E-state index >= 15 is 0 Å². The van der Waals surface area contributed by atoms with Crippen LogP contribution in [0.2, 0.25) is 0 Å². The Bertz CT molecular complexity index is 867. The summed E-state index contributed by atoms with van der Waals surface area (Å²) in [5.41, 5.74) is 0.0153. The highest BCUT2D eigenvalue weighted by Gasteiger charge is 2.54. The molecule has 3 atom stereocenters. The van der Waals surface area contributed by atoms with Gasteiger partial charge in [0, 0.05) is 25.5 Å². The molecule has 3 rings (SSSR count). The Balaban J connectivity index is 1.90. The summed E-state index contributed by atoms with van der Waals surface area (Å²) < 4.78 is 41.4. The molecule has 1 aromatic rings. The van der Waals surface area contributed by atoms with Crippen molar-refractivity contribution in [2.75, 3.05) is 4.90 Å². The third kappa shape index (κ3) is 3.55. The molecule has 1 fully saturated rings. The summed E-state index contributed by atoms with van der Waals surface area (Å²) in [6.07, 6.45) is 0. The van der Waals surface area contributed by atoms with Crippen LogP contribution < -0.4 is 4.90 Å². The second-order valence-corrected chi connectivity index (χ2v) is 7.54. The number of Topliss-reactive ketones (excluding diaryl/α,β-unsaturated/α-hetero) is 1. The normalized spacial score (nSPS) is 22.4. The monoisotopic (exact) mass is 413 g/mol. The van der Waals surface area contributed by atoms with Crippen LogP contribution in [-0.2, 0) is 28.3 Å². The third-order valence-corrected chi connectivity index (χ3v) is 5.54. The molecule has 0 aromatic heterocycles. The Kier molecular flexibility index (Phi) is 5.33. The minimum absolute atomic E-state index is 0.166. The van der Waals surface area contributed by atoms with Gasteiger partial charge in [-0.05, 0) is 13.0 Å². The van der Waals surface area contributed by atoms with Crippen LogP contribution in [0.4, 0.5) is 14.5 Å². The van der Waals surface area contributed by atoms with Gasteiger partial charge in [-0.25, -0.2) is 8.78 Å². The summed E-state index contributed by atoms with van der Waals surface area (Å²) in [6, 6.07) is 1.64. The summed E-state index contributed by atoms with van der Waals surface area (Å²) >= 11 is 1.25. The predicted octanol–water partition coefficient (Wildman–Crippen LogP) is 1.66. The number of hydrogen-bond donors (Lipinski definition) is 0. The number of ketones is 1. The van der Waals surface area contributed by atoms with E-state index in [0.717, 1.165) is 26.0 Å². The van der Waals surface area contributed by atoms with Crippen molar-refractivity contribution >= 4 is 48.5 Å². The van der Waals surface area contributed by atoms with Crippen LogP contribution in [0.15, 0.2) is 12.1 Å². The number of halogens is 2. The Hall–Kier alpha value is -2.63. The van der Waals surface area contributed by atoms with Crippen molar-refractivity contribution in [3.8, 4) is 0 Å². The number of thioether (sulfide) groups is 1. The van der Waals surface area contributed by atoms with Crippen LogP contribution >= 0.6 is 11.8 Å². The van der Waals surface area contributed by atoms with Crippen LogP contribution in [0.5, 0.6) is 0 Å². The first-order valence-electron chi connectivity index (χ1n) is 8.12. The van der Waals surface area contributed by atoms with E-state index in [1.54, 1.807) is 11.8 Å². The molecule has 28 heavy (non-hydrogen) atoms. The minimum Gasteiger partial charge on any atom is -0.462 e. The summed E-state index contributed by atoms with van der Waals surface area (Å²) in [5.74, 6) is -7.41. The third-order valence-electron chi connectivity index (χ3n) is 4.14. The van der Waals surface area contributed by atoms with Crippen molar-refractivity contribution in [3.05, 3.63) is 29.3 Å². The molecule has 0 spiro atoms. The molecule has 8 nitrogen and oxygen atoms in total. The summed E-state index contributed by atoms with van der Waals surface area (Å²) in [4.78, 5) is 49.2. The lowest BCUT2D eigenvalue weighted by Crippen LogP contribution is -2.60. The van der Waals surface area contributed by atoms with Gasteiger partial charge in [0.25, 0.3) is 11.9 Å². The SMILES string of the molecule is CC(=O)OB(OC(C)=O)OC(=O)C1C(=O)c2cc(F)c(F)cc2N2C(C)SC12. The van der Waals surface area contributed by atoms with Gasteiger partial charge in [0.05, 0.1) is 16.4 Å². The van der Waals surface area contributed by atoms with Crippen LogP contribution in [0.25, 0.3) is 0 Å². The highest BCUT2D eigenvalue weighted by atomic mass is 32.2. The number of anilines is 1. The average Bonchev–Trinajstić information content (AvgIpc) is 2.55. The fourth-order valence-corrected chi connectivity index (χ4v) is 4.43. The molecule has 0 aliphatic carbocycles. The number of hydrogen-bond acceptors (Lipinski definition) is 9. The average molecular weight is 413 g/mol. The van der Waals surface area contributed by atoms with Gasteiger partial charge in [0.2, 0.25) is 0 Å². The van der Waals surface area contributed by atoms with Crippen LogP contribution in [0.1, 0.15) is 31.1 Å². The van der Waals surface area contributed by atoms with Crippen molar-refractivity contribution in [2.45, 2.75) is 31.5 Å². The molecule has 0 N–H and O–H groups in total. The zero-order chi connectivity index (χ0) is 20.7. The van der Waals surface area contributed by atoms with E-state index in [1.165, 1.54) is 11.8 Å². The molecule has 1 aromatic carbocycles. The van der Waals surface area contributed by atoms with E-state index in [4.69, 9.17) is 4.65 Å². The van der Waals surface area contributed by atoms with Gasteiger partial charge in [-0.2, -0.15) is 0 Å². The summed E-state index contributed by atoms with van der Waals surface area (Å²) in [6.45, 7) is 3.79. The summed E-state index contributed by atoms with van der Waals surface area (Å²) in [5, 5.41) is -0.919. The predicted molar refractivity (Wildman–Crippen MR) is 92.9 cm³/mol. The Morgan fingerprint density at radius 2 is 1.64 bits per heavy atom. The lowest BCUT2D eigenvalue weighted by Gasteiger charge is -2.53. The summed E-state index contributed by atoms with van der Waals surface area (Å²) in [7, 11) is -1.96. The Morgan fingerprint density at radius 3 is 2.18 bits per heavy atom. The topological polar surface area (TPSA) is 99.2 Å². The van der Waals surface area contributed by atoms with Gasteiger partial charge < -0.3 is 18.9 Å². The number of benzene rings is 1. The second kappa shape index (κ2) is 7.42. The zero-order valence-corrected chi connectivity index (χ0v) is 15.7. The smallest absolute Gasteiger partial charge is 0.462 e. The highest BCUT2D eigenvalue weighted by molar-refractivity contribution is 8.02. The number of carbonyl (C=O) groups excluding carboxylic acids is 4. The van der Waals surface area contributed by atoms with Crippen LogP contribution in [0.3, 0.4) is 0 Å². The van der Waals surface area contributed by atoms with Gasteiger partial charge in [-0.1, -0.05) is 0 Å². The molecule has 0 saturated carbocycles. The Labute approximate surface area is 162 Å². The lowest BCUT2D eigenvalue weighted by molar-refractivity contribution is -0.147. The van der Waals surface area contributed by atoms with Crippen molar-refractivity contribution in [2.24, 2.45) is 5.92 Å². The molecule has 0 radical (unpaired) electrons. The molecule has 2 heterocycles. The fourth-order valence-electron chi connectivity index (χ4n) is 3.03. The van der Waals surface area contributed by atoms with Crippen molar-refractivity contribution in [1.29, 1.82) is 0 Å². The zero-order valence-electron chi connectivity index (χ0n) is 14.9. The maximum absolute atomic E-state index is 13.7. The molecular formula is C16H14BF2NO7S. The van der Waals surface area contributed by atoms with E-state index in [1.807, 2.05) is 0 Å². The van der Waals surface area contributed by atoms with Crippen molar-refractivity contribution < 1.29 is 41.9 Å². The molecule has 0 bridgehead atoms. The molecule has 2 aliphatic heterocycles. The maximum Gasteiger partial charge on any atom is 0.870 e. The van der Waals surface area contributed by atoms with Gasteiger partial charge in [-0.15, -0.1) is 11.8 Å². The molecule has 2 aliphatic rings. The molecular weight excluding hydrogens is 399 g/mol. The Morgan fingerprint density at radius 1 is 1.07 bits per heavy atom. The minimum atomic E-state index is -1.96. The standard InChI is InChI=1S/C16H14BF2NO7S/c1-6-20-12-5-11(19)10(18)4-9(12)14(23)13(15(20)28-6)16(24)27-17(25-7(2)21)26-8(3)22/h4-6,13,15H,1-3H3. The number of nitrogens with zero attached hydrogens (tertiary/aromatic N) is 1. The number of fused-ring (bicyclic) bond motifs is 3. The van der Waals surface area contributed by atoms with Gasteiger partial charge in [-0.3, -0.25) is 19.2 Å². The van der Waals surface area contributed by atoms with E-state index in [2.05, 4.69) is 9.31 Å². The number of rotatable bonds is 4. The lowest BCUT2D eigenvalue weighted by atomic mass is 9.89. The second-order valence-electron chi connectivity index (χ2n) is 6.10. The van der Waals surface area contributed by atoms with Crippen molar-refractivity contribution in [3.63, 3.8) is 0 Å². The van der Waals surface area contributed by atoms with Crippen LogP contribution in [-0.4, -0.2) is 41.8 Å². The van der Waals surface area contributed by atoms with E-state index in [9.17, 15) is 28.0 Å². The van der Waals surface area contributed by atoms with Crippen molar-refractivity contribution in [1.82, 2.24) is 0 Å². The molecule has 1 saturated heterocycles. The van der Waals surface area contributed by atoms with E-state index in [-0.39, 0.29) is 16.6 Å². The first kappa shape index (κ1) is 20.1. The van der Waals surface area contributed by atoms with E-state index < -0.39 is 53.9 Å². The first-order chi connectivity index (χ1) is 13.1. The van der Waals surface area contributed by atoms with Gasteiger partial charge in [0.15, 0.2) is 17.4 Å².